The number of nitrogens with one attached hydrogen (secondary N) is 1. The zero-order valence-corrected chi connectivity index (χ0v) is 12.6. The molecule has 1 aromatic rings. The maximum absolute atomic E-state index is 12.9. The molecular weight excluding hydrogens is 337 g/mol. The molecule has 0 bridgehead atoms. The number of carboxylic acid groups (broad SMARTS) is 1. The molecule has 2 N–H and O–H groups in total. The van der Waals surface area contributed by atoms with Crippen molar-refractivity contribution in [3.05, 3.63) is 35.4 Å². The second-order valence-electron chi connectivity index (χ2n) is 5.28. The molecule has 1 amide bonds. The molecule has 0 aromatic heterocycles. The van der Waals surface area contributed by atoms with Gasteiger partial charge >= 0.3 is 12.1 Å². The van der Waals surface area contributed by atoms with Crippen LogP contribution in [0.5, 0.6) is 0 Å². The van der Waals surface area contributed by atoms with E-state index >= 15 is 0 Å². The minimum absolute atomic E-state index is 0.124. The fourth-order valence-electron chi connectivity index (χ4n) is 2.23. The normalized spacial score (nSPS) is 14.3. The highest BCUT2D eigenvalue weighted by Gasteiger charge is 2.34. The van der Waals surface area contributed by atoms with Crippen LogP contribution in [0.3, 0.4) is 0 Å². The first-order valence-corrected chi connectivity index (χ1v) is 6.98. The Morgan fingerprint density at radius 2 is 1.79 bits per heavy atom. The van der Waals surface area contributed by atoms with E-state index in [-0.39, 0.29) is 5.56 Å². The molecule has 0 aliphatic carbocycles. The molecule has 0 spiro atoms. The molecule has 0 radical (unpaired) electrons. The SMILES string of the molecule is CC(CC(=O)NC(CC(F)F)C(=O)O)c1ccccc1C(F)(F)F. The third-order valence-electron chi connectivity index (χ3n) is 3.34. The molecule has 24 heavy (non-hydrogen) atoms. The number of amides is 1. The predicted octanol–water partition coefficient (Wildman–Crippen LogP) is 3.42. The number of carbonyl (C=O) groups is 2. The van der Waals surface area contributed by atoms with Gasteiger partial charge in [-0.3, -0.25) is 4.79 Å². The van der Waals surface area contributed by atoms with Gasteiger partial charge in [0, 0.05) is 12.8 Å². The summed E-state index contributed by atoms with van der Waals surface area (Å²) in [7, 11) is 0. The topological polar surface area (TPSA) is 66.4 Å². The summed E-state index contributed by atoms with van der Waals surface area (Å²) in [6.45, 7) is 1.37. The minimum atomic E-state index is -4.60. The van der Waals surface area contributed by atoms with Crippen molar-refractivity contribution in [2.75, 3.05) is 0 Å². The first kappa shape index (κ1) is 19.9. The van der Waals surface area contributed by atoms with Crippen LogP contribution in [0.15, 0.2) is 24.3 Å². The Morgan fingerprint density at radius 1 is 1.21 bits per heavy atom. The van der Waals surface area contributed by atoms with Crippen LogP contribution in [0.25, 0.3) is 0 Å². The predicted molar refractivity (Wildman–Crippen MR) is 74.7 cm³/mol. The smallest absolute Gasteiger partial charge is 0.416 e. The van der Waals surface area contributed by atoms with Crippen molar-refractivity contribution in [2.24, 2.45) is 0 Å². The number of carbonyl (C=O) groups excluding carboxylic acids is 1. The average molecular weight is 353 g/mol. The van der Waals surface area contributed by atoms with Gasteiger partial charge in [0.05, 0.1) is 5.56 Å². The van der Waals surface area contributed by atoms with Crippen LogP contribution >= 0.6 is 0 Å². The van der Waals surface area contributed by atoms with Gasteiger partial charge in [0.1, 0.15) is 6.04 Å². The summed E-state index contributed by atoms with van der Waals surface area (Å²) in [5.41, 5.74) is -1.02. The van der Waals surface area contributed by atoms with Gasteiger partial charge in [0.25, 0.3) is 0 Å². The van der Waals surface area contributed by atoms with E-state index in [1.54, 1.807) is 0 Å². The summed E-state index contributed by atoms with van der Waals surface area (Å²) in [6.07, 6.45) is -9.07. The Labute approximate surface area is 134 Å². The van der Waals surface area contributed by atoms with Crippen LogP contribution in [0.4, 0.5) is 22.0 Å². The number of halogens is 5. The molecule has 0 heterocycles. The van der Waals surface area contributed by atoms with Crippen molar-refractivity contribution in [1.29, 1.82) is 0 Å². The number of rotatable bonds is 7. The summed E-state index contributed by atoms with van der Waals surface area (Å²) in [4.78, 5) is 22.6. The van der Waals surface area contributed by atoms with E-state index in [1.165, 1.54) is 25.1 Å². The average Bonchev–Trinajstić information content (AvgIpc) is 2.45. The quantitative estimate of drug-likeness (QED) is 0.738. The highest BCUT2D eigenvalue weighted by Crippen LogP contribution is 2.35. The summed E-state index contributed by atoms with van der Waals surface area (Å²) in [5.74, 6) is -3.41. The van der Waals surface area contributed by atoms with E-state index in [4.69, 9.17) is 5.11 Å². The van der Waals surface area contributed by atoms with E-state index in [1.807, 2.05) is 5.32 Å². The summed E-state index contributed by atoms with van der Waals surface area (Å²) >= 11 is 0. The minimum Gasteiger partial charge on any atom is -0.480 e. The van der Waals surface area contributed by atoms with Gasteiger partial charge in [-0.05, 0) is 17.5 Å². The zero-order chi connectivity index (χ0) is 18.5. The van der Waals surface area contributed by atoms with Gasteiger partial charge in [-0.15, -0.1) is 0 Å². The van der Waals surface area contributed by atoms with Gasteiger partial charge in [-0.2, -0.15) is 13.2 Å². The van der Waals surface area contributed by atoms with E-state index in [9.17, 15) is 31.5 Å². The molecule has 1 aromatic carbocycles. The standard InChI is InChI=1S/C15H16F5NO3/c1-8(9-4-2-3-5-10(9)15(18,19)20)6-13(22)21-11(14(23)24)7-12(16)17/h2-5,8,11-12H,6-7H2,1H3,(H,21,22)(H,23,24). The molecule has 0 saturated carbocycles. The number of benzene rings is 1. The first-order valence-electron chi connectivity index (χ1n) is 6.98. The molecule has 0 aliphatic rings. The molecule has 1 rings (SSSR count). The Hall–Kier alpha value is -2.19. The summed E-state index contributed by atoms with van der Waals surface area (Å²) in [6, 6.07) is 2.90. The second-order valence-corrected chi connectivity index (χ2v) is 5.28. The maximum Gasteiger partial charge on any atom is 0.416 e. The van der Waals surface area contributed by atoms with E-state index in [0.717, 1.165) is 6.07 Å². The Bertz CT molecular complexity index is 589. The molecule has 2 unspecified atom stereocenters. The number of carboxylic acids is 1. The van der Waals surface area contributed by atoms with Gasteiger partial charge in [0.15, 0.2) is 0 Å². The third-order valence-corrected chi connectivity index (χ3v) is 3.34. The Morgan fingerprint density at radius 3 is 2.29 bits per heavy atom. The number of hydrogen-bond donors (Lipinski definition) is 2. The van der Waals surface area contributed by atoms with Gasteiger partial charge in [-0.25, -0.2) is 13.6 Å². The van der Waals surface area contributed by atoms with Crippen LogP contribution in [0.2, 0.25) is 0 Å². The van der Waals surface area contributed by atoms with Crippen LogP contribution in [-0.2, 0) is 15.8 Å². The lowest BCUT2D eigenvalue weighted by atomic mass is 9.92. The van der Waals surface area contributed by atoms with Crippen molar-refractivity contribution < 1.29 is 36.6 Å². The van der Waals surface area contributed by atoms with Crippen molar-refractivity contribution in [3.63, 3.8) is 0 Å². The van der Waals surface area contributed by atoms with Crippen molar-refractivity contribution >= 4 is 11.9 Å². The number of hydrogen-bond acceptors (Lipinski definition) is 2. The zero-order valence-electron chi connectivity index (χ0n) is 12.6. The van der Waals surface area contributed by atoms with Gasteiger partial charge in [-0.1, -0.05) is 25.1 Å². The molecule has 134 valence electrons. The molecule has 4 nitrogen and oxygen atoms in total. The van der Waals surface area contributed by atoms with Gasteiger partial charge < -0.3 is 10.4 Å². The monoisotopic (exact) mass is 353 g/mol. The van der Waals surface area contributed by atoms with E-state index in [2.05, 4.69) is 0 Å². The number of alkyl halides is 5. The van der Waals surface area contributed by atoms with Crippen LogP contribution in [-0.4, -0.2) is 29.5 Å². The van der Waals surface area contributed by atoms with Crippen molar-refractivity contribution in [2.45, 2.75) is 44.3 Å². The first-order chi connectivity index (χ1) is 11.0. The van der Waals surface area contributed by atoms with Crippen molar-refractivity contribution in [1.82, 2.24) is 5.32 Å². The molecule has 0 aliphatic heterocycles. The second kappa shape index (κ2) is 8.07. The van der Waals surface area contributed by atoms with E-state index < -0.39 is 54.8 Å². The van der Waals surface area contributed by atoms with Crippen molar-refractivity contribution in [3.8, 4) is 0 Å². The van der Waals surface area contributed by atoms with E-state index in [0.29, 0.717) is 0 Å². The van der Waals surface area contributed by atoms with Crippen LogP contribution < -0.4 is 5.32 Å². The highest BCUT2D eigenvalue weighted by molar-refractivity contribution is 5.84. The Balaban J connectivity index is 2.83. The third kappa shape index (κ3) is 5.78. The molecule has 0 saturated heterocycles. The maximum atomic E-state index is 12.9. The number of aliphatic carboxylic acids is 1. The lowest BCUT2D eigenvalue weighted by Gasteiger charge is -2.19. The lowest BCUT2D eigenvalue weighted by Crippen LogP contribution is -2.42. The molecular formula is C15H16F5NO3. The highest BCUT2D eigenvalue weighted by atomic mass is 19.4. The van der Waals surface area contributed by atoms with Crippen LogP contribution in [0, 0.1) is 0 Å². The fraction of sp³-hybridized carbons (Fsp3) is 0.467. The molecule has 0 fully saturated rings. The summed E-state index contributed by atoms with van der Waals surface area (Å²) < 4.78 is 63.4. The molecule has 2 atom stereocenters. The van der Waals surface area contributed by atoms with Crippen LogP contribution in [0.1, 0.15) is 36.8 Å². The lowest BCUT2D eigenvalue weighted by molar-refractivity contribution is -0.143. The molecule has 9 heteroatoms. The Kier molecular flexibility index (Phi) is 6.68. The summed E-state index contributed by atoms with van der Waals surface area (Å²) in [5, 5.41) is 10.7. The fourth-order valence-corrected chi connectivity index (χ4v) is 2.23. The van der Waals surface area contributed by atoms with Gasteiger partial charge in [0.2, 0.25) is 12.3 Å². The largest absolute Gasteiger partial charge is 0.480 e.